The van der Waals surface area contributed by atoms with Gasteiger partial charge in [-0.3, -0.25) is 0 Å². The first-order valence-electron chi connectivity index (χ1n) is 8.84. The van der Waals surface area contributed by atoms with E-state index in [0.717, 1.165) is 31.0 Å². The predicted molar refractivity (Wildman–Crippen MR) is 121 cm³/mol. The molecule has 0 spiro atoms. The van der Waals surface area contributed by atoms with E-state index in [1.165, 1.54) is 4.88 Å². The van der Waals surface area contributed by atoms with Gasteiger partial charge < -0.3 is 15.4 Å². The highest BCUT2D eigenvalue weighted by molar-refractivity contribution is 14.0. The van der Waals surface area contributed by atoms with Crippen LogP contribution < -0.4 is 15.4 Å². The topological polar surface area (TPSA) is 58.5 Å². The fraction of sp³-hybridized carbons (Fsp3) is 0.474. The smallest absolute Gasteiger partial charge is 0.218 e. The highest BCUT2D eigenvalue weighted by atomic mass is 127. The molecule has 5 nitrogen and oxygen atoms in total. The second-order valence-electron chi connectivity index (χ2n) is 5.87. The Morgan fingerprint density at radius 1 is 1.27 bits per heavy atom. The minimum atomic E-state index is 0. The zero-order valence-corrected chi connectivity index (χ0v) is 18.8. The molecule has 0 radical (unpaired) electrons. The van der Waals surface area contributed by atoms with Crippen LogP contribution in [0.15, 0.2) is 40.8 Å². The highest BCUT2D eigenvalue weighted by Gasteiger charge is 2.07. The van der Waals surface area contributed by atoms with Crippen molar-refractivity contribution in [2.45, 2.75) is 33.7 Å². The number of nitrogens with zero attached hydrogens (tertiary/aromatic N) is 2. The van der Waals surface area contributed by atoms with Crippen LogP contribution in [0.4, 0.5) is 0 Å². The average Bonchev–Trinajstić information content (AvgIpc) is 3.11. The van der Waals surface area contributed by atoms with E-state index in [-0.39, 0.29) is 24.0 Å². The van der Waals surface area contributed by atoms with Gasteiger partial charge in [0.25, 0.3) is 0 Å². The Labute approximate surface area is 177 Å². The van der Waals surface area contributed by atoms with Crippen LogP contribution in [0.1, 0.15) is 31.2 Å². The number of thiophene rings is 1. The third-order valence-electron chi connectivity index (χ3n) is 3.63. The van der Waals surface area contributed by atoms with Gasteiger partial charge in [-0.25, -0.2) is 9.98 Å². The number of ether oxygens (including phenoxy) is 1. The van der Waals surface area contributed by atoms with Gasteiger partial charge in [-0.1, -0.05) is 19.1 Å². The molecular weight excluding hydrogens is 459 g/mol. The number of rotatable bonds is 9. The summed E-state index contributed by atoms with van der Waals surface area (Å²) in [7, 11) is 0. The van der Waals surface area contributed by atoms with Gasteiger partial charge >= 0.3 is 0 Å². The summed E-state index contributed by atoms with van der Waals surface area (Å²) in [6.45, 7) is 9.14. The maximum Gasteiger partial charge on any atom is 0.218 e. The molecule has 0 aliphatic carbocycles. The molecule has 0 aliphatic rings. The number of guanidine groups is 1. The third-order valence-corrected chi connectivity index (χ3v) is 4.53. The first kappa shape index (κ1) is 22.7. The molecule has 0 saturated heterocycles. The number of pyridine rings is 1. The molecule has 0 bridgehead atoms. The van der Waals surface area contributed by atoms with E-state index < -0.39 is 0 Å². The molecular formula is C19H29IN4OS. The molecule has 0 amide bonds. The van der Waals surface area contributed by atoms with Crippen LogP contribution >= 0.6 is 35.3 Å². The number of halogens is 1. The molecule has 2 heterocycles. The van der Waals surface area contributed by atoms with Gasteiger partial charge in [-0.15, -0.1) is 35.3 Å². The Bertz CT molecular complexity index is 649. The monoisotopic (exact) mass is 488 g/mol. The molecule has 7 heteroatoms. The number of aliphatic imine (C=N–C) groups is 1. The van der Waals surface area contributed by atoms with Crippen molar-refractivity contribution in [3.05, 3.63) is 46.3 Å². The fourth-order valence-electron chi connectivity index (χ4n) is 2.43. The quantitative estimate of drug-likeness (QED) is 0.317. The second-order valence-corrected chi connectivity index (χ2v) is 6.90. The number of hydrogen-bond donors (Lipinski definition) is 2. The Kier molecular flexibility index (Phi) is 11.3. The summed E-state index contributed by atoms with van der Waals surface area (Å²) in [4.78, 5) is 10.4. The lowest BCUT2D eigenvalue weighted by molar-refractivity contribution is 0.323. The van der Waals surface area contributed by atoms with E-state index in [0.29, 0.717) is 24.9 Å². The minimum absolute atomic E-state index is 0. The van der Waals surface area contributed by atoms with Crippen LogP contribution in [0, 0.1) is 5.92 Å². The van der Waals surface area contributed by atoms with Crippen molar-refractivity contribution >= 4 is 41.3 Å². The molecule has 0 saturated carbocycles. The number of nitrogens with one attached hydrogen (secondary N) is 2. The standard InChI is InChI=1S/C19H28N4OS.HI/c1-4-20-19(22-13-15(3)12-17-9-7-11-25-17)23-14-16-8-6-10-21-18(16)24-5-2;/h6-11,15H,4-5,12-14H2,1-3H3,(H2,20,22,23);1H. The van der Waals surface area contributed by atoms with Crippen LogP contribution in [-0.4, -0.2) is 30.6 Å². The molecule has 2 aromatic rings. The number of aromatic nitrogens is 1. The Morgan fingerprint density at radius 3 is 2.81 bits per heavy atom. The van der Waals surface area contributed by atoms with Crippen molar-refractivity contribution in [3.63, 3.8) is 0 Å². The van der Waals surface area contributed by atoms with Gasteiger partial charge in [-0.05, 0) is 43.7 Å². The van der Waals surface area contributed by atoms with Gasteiger partial charge in [0.05, 0.1) is 13.2 Å². The molecule has 2 N–H and O–H groups in total. The predicted octanol–water partition coefficient (Wildman–Crippen LogP) is 4.09. The Morgan fingerprint density at radius 2 is 2.12 bits per heavy atom. The van der Waals surface area contributed by atoms with Crippen molar-refractivity contribution in [1.82, 2.24) is 15.6 Å². The highest BCUT2D eigenvalue weighted by Crippen LogP contribution is 2.15. The molecule has 1 unspecified atom stereocenters. The first-order valence-corrected chi connectivity index (χ1v) is 9.72. The molecule has 0 aliphatic heterocycles. The van der Waals surface area contributed by atoms with Crippen molar-refractivity contribution in [3.8, 4) is 5.88 Å². The molecule has 2 rings (SSSR count). The first-order chi connectivity index (χ1) is 12.2. The van der Waals surface area contributed by atoms with E-state index in [1.54, 1.807) is 6.20 Å². The largest absolute Gasteiger partial charge is 0.478 e. The summed E-state index contributed by atoms with van der Waals surface area (Å²) >= 11 is 1.82. The van der Waals surface area contributed by atoms with E-state index in [4.69, 9.17) is 4.74 Å². The van der Waals surface area contributed by atoms with E-state index in [1.807, 2.05) is 30.4 Å². The van der Waals surface area contributed by atoms with Crippen LogP contribution in [0.3, 0.4) is 0 Å². The summed E-state index contributed by atoms with van der Waals surface area (Å²) in [5, 5.41) is 8.87. The average molecular weight is 488 g/mol. The maximum absolute atomic E-state index is 5.57. The van der Waals surface area contributed by atoms with Crippen LogP contribution in [0.2, 0.25) is 0 Å². The molecule has 26 heavy (non-hydrogen) atoms. The molecule has 1 atom stereocenters. The van der Waals surface area contributed by atoms with Gasteiger partial charge in [-0.2, -0.15) is 0 Å². The molecule has 0 fully saturated rings. The van der Waals surface area contributed by atoms with Crippen molar-refractivity contribution in [1.29, 1.82) is 0 Å². The second kappa shape index (κ2) is 12.9. The van der Waals surface area contributed by atoms with E-state index in [2.05, 4.69) is 52.0 Å². The van der Waals surface area contributed by atoms with E-state index in [9.17, 15) is 0 Å². The van der Waals surface area contributed by atoms with E-state index >= 15 is 0 Å². The SMILES string of the molecule is CCNC(=NCc1cccnc1OCC)NCC(C)Cc1cccs1.I. The summed E-state index contributed by atoms with van der Waals surface area (Å²) < 4.78 is 5.57. The van der Waals surface area contributed by atoms with Crippen LogP contribution in [-0.2, 0) is 13.0 Å². The van der Waals surface area contributed by atoms with Gasteiger partial charge in [0.2, 0.25) is 5.88 Å². The van der Waals surface area contributed by atoms with Crippen molar-refractivity contribution in [2.24, 2.45) is 10.9 Å². The van der Waals surface area contributed by atoms with Crippen LogP contribution in [0.25, 0.3) is 0 Å². The van der Waals surface area contributed by atoms with Gasteiger partial charge in [0.1, 0.15) is 0 Å². The zero-order valence-electron chi connectivity index (χ0n) is 15.7. The van der Waals surface area contributed by atoms with Crippen molar-refractivity contribution in [2.75, 3.05) is 19.7 Å². The summed E-state index contributed by atoms with van der Waals surface area (Å²) in [5.41, 5.74) is 0.994. The lowest BCUT2D eigenvalue weighted by atomic mass is 10.1. The fourth-order valence-corrected chi connectivity index (χ4v) is 3.30. The van der Waals surface area contributed by atoms with Crippen molar-refractivity contribution < 1.29 is 4.74 Å². The summed E-state index contributed by atoms with van der Waals surface area (Å²) in [5.74, 6) is 2.03. The maximum atomic E-state index is 5.57. The summed E-state index contributed by atoms with van der Waals surface area (Å²) in [6.07, 6.45) is 2.83. The lowest BCUT2D eigenvalue weighted by Gasteiger charge is -2.15. The lowest BCUT2D eigenvalue weighted by Crippen LogP contribution is -2.39. The number of hydrogen-bond acceptors (Lipinski definition) is 4. The Balaban J connectivity index is 0.00000338. The molecule has 144 valence electrons. The van der Waals surface area contributed by atoms with Gasteiger partial charge in [0.15, 0.2) is 5.96 Å². The van der Waals surface area contributed by atoms with Crippen LogP contribution in [0.5, 0.6) is 5.88 Å². The zero-order chi connectivity index (χ0) is 17.9. The third kappa shape index (κ3) is 7.90. The normalized spacial score (nSPS) is 12.2. The molecule has 0 aromatic carbocycles. The Hall–Kier alpha value is -1.35. The molecule has 2 aromatic heterocycles. The van der Waals surface area contributed by atoms with Gasteiger partial charge in [0, 0.05) is 29.7 Å². The minimum Gasteiger partial charge on any atom is -0.478 e. The summed E-state index contributed by atoms with van der Waals surface area (Å²) in [6, 6.07) is 8.22.